The number of hydrogen-bond acceptors (Lipinski definition) is 1. The Morgan fingerprint density at radius 2 is 2.12 bits per heavy atom. The van der Waals surface area contributed by atoms with Gasteiger partial charge in [-0.25, -0.2) is 4.39 Å². The lowest BCUT2D eigenvalue weighted by Crippen LogP contribution is -2.34. The number of likely N-dealkylation sites (N-methyl/N-ethyl adjacent to an activating group) is 1. The van der Waals surface area contributed by atoms with Crippen LogP contribution in [0.2, 0.25) is 5.02 Å². The first kappa shape index (κ1) is 14.5. The lowest BCUT2D eigenvalue weighted by molar-refractivity contribution is 0.368. The summed E-state index contributed by atoms with van der Waals surface area (Å²) in [6.07, 6.45) is 2.98. The maximum absolute atomic E-state index is 13.6. The van der Waals surface area contributed by atoms with E-state index >= 15 is 0 Å². The number of halogens is 2. The van der Waals surface area contributed by atoms with Gasteiger partial charge in [-0.1, -0.05) is 31.9 Å². The second kappa shape index (κ2) is 6.97. The van der Waals surface area contributed by atoms with Crippen LogP contribution < -0.4 is 5.32 Å². The summed E-state index contributed by atoms with van der Waals surface area (Å²) >= 11 is 5.90. The molecule has 0 aliphatic rings. The molecule has 1 aromatic carbocycles. The minimum absolute atomic E-state index is 0.168. The van der Waals surface area contributed by atoms with E-state index in [1.807, 2.05) is 7.05 Å². The molecule has 0 spiro atoms. The van der Waals surface area contributed by atoms with Crippen molar-refractivity contribution in [1.29, 1.82) is 0 Å². The predicted molar refractivity (Wildman–Crippen MR) is 72.0 cm³/mol. The zero-order valence-electron chi connectivity index (χ0n) is 10.8. The molecule has 2 unspecified atom stereocenters. The molecule has 0 saturated carbocycles. The molecule has 1 nitrogen and oxygen atoms in total. The second-order valence-electron chi connectivity index (χ2n) is 4.60. The van der Waals surface area contributed by atoms with Crippen LogP contribution in [-0.4, -0.2) is 13.1 Å². The average Bonchev–Trinajstić information content (AvgIpc) is 2.30. The molecular formula is C14H21ClFN. The molecule has 0 saturated heterocycles. The van der Waals surface area contributed by atoms with Crippen LogP contribution in [0.3, 0.4) is 0 Å². The van der Waals surface area contributed by atoms with Gasteiger partial charge < -0.3 is 5.32 Å². The highest BCUT2D eigenvalue weighted by molar-refractivity contribution is 6.30. The molecule has 0 amide bonds. The normalized spacial score (nSPS) is 14.6. The Kier molecular flexibility index (Phi) is 5.93. The van der Waals surface area contributed by atoms with Crippen LogP contribution >= 0.6 is 11.6 Å². The molecule has 0 radical (unpaired) electrons. The molecule has 0 fully saturated rings. The van der Waals surface area contributed by atoms with Crippen LogP contribution in [0.15, 0.2) is 18.2 Å². The monoisotopic (exact) mass is 257 g/mol. The number of benzene rings is 1. The van der Waals surface area contributed by atoms with E-state index in [9.17, 15) is 4.39 Å². The third-order valence-corrected chi connectivity index (χ3v) is 3.48. The minimum atomic E-state index is -0.168. The van der Waals surface area contributed by atoms with Gasteiger partial charge in [0.1, 0.15) is 5.82 Å². The first-order valence-corrected chi connectivity index (χ1v) is 6.57. The molecule has 0 aliphatic heterocycles. The summed E-state index contributed by atoms with van der Waals surface area (Å²) in [6.45, 7) is 4.37. The van der Waals surface area contributed by atoms with Crippen LogP contribution in [0.4, 0.5) is 4.39 Å². The van der Waals surface area contributed by atoms with Gasteiger partial charge in [0.2, 0.25) is 0 Å². The summed E-state index contributed by atoms with van der Waals surface area (Å²) in [7, 11) is 1.93. The Hall–Kier alpha value is -0.600. The largest absolute Gasteiger partial charge is 0.316 e. The van der Waals surface area contributed by atoms with E-state index in [1.54, 1.807) is 12.1 Å². The van der Waals surface area contributed by atoms with Gasteiger partial charge in [-0.3, -0.25) is 0 Å². The van der Waals surface area contributed by atoms with E-state index in [-0.39, 0.29) is 5.82 Å². The topological polar surface area (TPSA) is 12.0 Å². The van der Waals surface area contributed by atoms with Crippen LogP contribution in [0, 0.1) is 11.7 Å². The Morgan fingerprint density at radius 3 is 2.71 bits per heavy atom. The fraction of sp³-hybridized carbons (Fsp3) is 0.571. The molecule has 0 heterocycles. The molecule has 0 bridgehead atoms. The summed E-state index contributed by atoms with van der Waals surface area (Å²) in [4.78, 5) is 0. The predicted octanol–water partition coefficient (Wildman–Crippen LogP) is 4.05. The highest BCUT2D eigenvalue weighted by atomic mass is 35.5. The summed E-state index contributed by atoms with van der Waals surface area (Å²) in [5.41, 5.74) is 0.694. The highest BCUT2D eigenvalue weighted by Gasteiger charge is 2.17. The van der Waals surface area contributed by atoms with Crippen molar-refractivity contribution in [2.24, 2.45) is 5.92 Å². The smallest absolute Gasteiger partial charge is 0.126 e. The van der Waals surface area contributed by atoms with E-state index in [1.165, 1.54) is 6.07 Å². The van der Waals surface area contributed by atoms with Crippen molar-refractivity contribution in [1.82, 2.24) is 5.32 Å². The standard InChI is InChI=1S/C14H21ClFN/c1-4-5-10(2)14(17-3)9-11-8-12(15)6-7-13(11)16/h6-8,10,14,17H,4-5,9H2,1-3H3. The van der Waals surface area contributed by atoms with Gasteiger partial charge in [-0.15, -0.1) is 0 Å². The Bertz CT molecular complexity index is 354. The fourth-order valence-corrected chi connectivity index (χ4v) is 2.38. The second-order valence-corrected chi connectivity index (χ2v) is 5.04. The third kappa shape index (κ3) is 4.29. The van der Waals surface area contributed by atoms with Gasteiger partial charge in [0.25, 0.3) is 0 Å². The van der Waals surface area contributed by atoms with Crippen LogP contribution in [0.5, 0.6) is 0 Å². The molecule has 1 rings (SSSR count). The number of nitrogens with one attached hydrogen (secondary N) is 1. The molecule has 3 heteroatoms. The minimum Gasteiger partial charge on any atom is -0.316 e. The Balaban J connectivity index is 2.76. The van der Waals surface area contributed by atoms with Gasteiger partial charge in [0.05, 0.1) is 0 Å². The molecule has 1 N–H and O–H groups in total. The zero-order chi connectivity index (χ0) is 12.8. The van der Waals surface area contributed by atoms with Gasteiger partial charge in [-0.2, -0.15) is 0 Å². The third-order valence-electron chi connectivity index (χ3n) is 3.25. The van der Waals surface area contributed by atoms with E-state index < -0.39 is 0 Å². The summed E-state index contributed by atoms with van der Waals surface area (Å²) in [5, 5.41) is 3.87. The molecule has 1 aromatic rings. The fourth-order valence-electron chi connectivity index (χ4n) is 2.18. The van der Waals surface area contributed by atoms with Gasteiger partial charge in [0.15, 0.2) is 0 Å². The van der Waals surface area contributed by atoms with E-state index in [0.29, 0.717) is 29.0 Å². The van der Waals surface area contributed by atoms with Crippen LogP contribution in [0.25, 0.3) is 0 Å². The van der Waals surface area contributed by atoms with Crippen LogP contribution in [-0.2, 0) is 6.42 Å². The van der Waals surface area contributed by atoms with E-state index in [4.69, 9.17) is 11.6 Å². The molecule has 0 aromatic heterocycles. The van der Waals surface area contributed by atoms with Crippen molar-refractivity contribution in [2.45, 2.75) is 39.2 Å². The quantitative estimate of drug-likeness (QED) is 0.811. The van der Waals surface area contributed by atoms with Crippen molar-refractivity contribution in [3.8, 4) is 0 Å². The maximum Gasteiger partial charge on any atom is 0.126 e. The molecule has 17 heavy (non-hydrogen) atoms. The lowest BCUT2D eigenvalue weighted by atomic mass is 9.91. The van der Waals surface area contributed by atoms with Gasteiger partial charge in [-0.05, 0) is 49.6 Å². The van der Waals surface area contributed by atoms with Crippen LogP contribution in [0.1, 0.15) is 32.3 Å². The van der Waals surface area contributed by atoms with E-state index in [2.05, 4.69) is 19.2 Å². The van der Waals surface area contributed by atoms with Crippen molar-refractivity contribution in [3.05, 3.63) is 34.6 Å². The number of hydrogen-bond donors (Lipinski definition) is 1. The molecular weight excluding hydrogens is 237 g/mol. The Labute approximate surface area is 108 Å². The highest BCUT2D eigenvalue weighted by Crippen LogP contribution is 2.20. The first-order chi connectivity index (χ1) is 8.08. The molecule has 96 valence electrons. The van der Waals surface area contributed by atoms with Gasteiger partial charge >= 0.3 is 0 Å². The summed E-state index contributed by atoms with van der Waals surface area (Å²) in [5.74, 6) is 0.363. The Morgan fingerprint density at radius 1 is 1.41 bits per heavy atom. The summed E-state index contributed by atoms with van der Waals surface area (Å²) < 4.78 is 13.6. The van der Waals surface area contributed by atoms with Crippen molar-refractivity contribution in [3.63, 3.8) is 0 Å². The average molecular weight is 258 g/mol. The van der Waals surface area contributed by atoms with Gasteiger partial charge in [0, 0.05) is 11.1 Å². The first-order valence-electron chi connectivity index (χ1n) is 6.19. The number of rotatable bonds is 6. The van der Waals surface area contributed by atoms with E-state index in [0.717, 1.165) is 12.8 Å². The van der Waals surface area contributed by atoms with Crippen molar-refractivity contribution in [2.75, 3.05) is 7.05 Å². The summed E-state index contributed by atoms with van der Waals surface area (Å²) in [6, 6.07) is 5.04. The zero-order valence-corrected chi connectivity index (χ0v) is 11.5. The van der Waals surface area contributed by atoms with Crippen molar-refractivity contribution >= 4 is 11.6 Å². The molecule has 2 atom stereocenters. The lowest BCUT2D eigenvalue weighted by Gasteiger charge is -2.23. The van der Waals surface area contributed by atoms with Crippen molar-refractivity contribution < 1.29 is 4.39 Å². The maximum atomic E-state index is 13.6. The molecule has 0 aliphatic carbocycles. The SMILES string of the molecule is CCCC(C)C(Cc1cc(Cl)ccc1F)NC.